The van der Waals surface area contributed by atoms with Gasteiger partial charge in [-0.2, -0.15) is 0 Å². The van der Waals surface area contributed by atoms with Gasteiger partial charge in [0.25, 0.3) is 0 Å². The average Bonchev–Trinajstić information content (AvgIpc) is 3.14. The lowest BCUT2D eigenvalue weighted by Gasteiger charge is -2.51. The highest BCUT2D eigenvalue weighted by Gasteiger charge is 2.67. The van der Waals surface area contributed by atoms with Crippen molar-refractivity contribution >= 4 is 39.4 Å². The molecule has 0 unspecified atom stereocenters. The lowest BCUT2D eigenvalue weighted by molar-refractivity contribution is -0.122. The summed E-state index contributed by atoms with van der Waals surface area (Å²) in [6, 6.07) is 22.7. The molecular formula is C28H22BrNO4. The van der Waals surface area contributed by atoms with Crippen LogP contribution in [0, 0.1) is 11.8 Å². The number of esters is 1. The van der Waals surface area contributed by atoms with Gasteiger partial charge in [0.2, 0.25) is 11.8 Å². The first-order valence-corrected chi connectivity index (χ1v) is 12.3. The monoisotopic (exact) mass is 515 g/mol. The maximum atomic E-state index is 14.0. The van der Waals surface area contributed by atoms with Crippen LogP contribution >= 0.6 is 15.9 Å². The second-order valence-electron chi connectivity index (χ2n) is 9.07. The average molecular weight is 516 g/mol. The molecule has 2 bridgehead atoms. The van der Waals surface area contributed by atoms with Gasteiger partial charge in [0.1, 0.15) is 0 Å². The Morgan fingerprint density at radius 1 is 0.941 bits per heavy atom. The Hall–Kier alpha value is -3.25. The summed E-state index contributed by atoms with van der Waals surface area (Å²) in [5, 5.41) is 0. The van der Waals surface area contributed by atoms with Crippen molar-refractivity contribution < 1.29 is 19.1 Å². The van der Waals surface area contributed by atoms with Crippen LogP contribution < -0.4 is 4.90 Å². The van der Waals surface area contributed by atoms with E-state index in [1.54, 1.807) is 24.3 Å². The number of rotatable bonds is 4. The molecule has 4 aliphatic rings. The maximum absolute atomic E-state index is 14.0. The molecule has 2 atom stereocenters. The second-order valence-corrected chi connectivity index (χ2v) is 10.3. The number of alkyl halides is 1. The third-order valence-electron chi connectivity index (χ3n) is 7.29. The van der Waals surface area contributed by atoms with E-state index in [1.807, 2.05) is 43.3 Å². The summed E-state index contributed by atoms with van der Waals surface area (Å²) in [7, 11) is 0. The first-order chi connectivity index (χ1) is 16.5. The van der Waals surface area contributed by atoms with Crippen LogP contribution in [0.1, 0.15) is 51.9 Å². The Morgan fingerprint density at radius 3 is 2.24 bits per heavy atom. The summed E-state index contributed by atoms with van der Waals surface area (Å²) in [6.45, 7) is 2.24. The fraction of sp³-hybridized carbons (Fsp3) is 0.250. The molecule has 0 radical (unpaired) electrons. The van der Waals surface area contributed by atoms with E-state index in [9.17, 15) is 14.4 Å². The minimum absolute atomic E-state index is 0.198. The SMILES string of the molecule is CCCOC(=O)c1cccc(N2C(=O)[C@@H]3C4c5ccccc5C(Br)(c5ccccc54)[C@H]3C2=O)c1. The zero-order chi connectivity index (χ0) is 23.6. The van der Waals surface area contributed by atoms with Crippen molar-refractivity contribution in [3.05, 3.63) is 101 Å². The van der Waals surface area contributed by atoms with Gasteiger partial charge in [0.15, 0.2) is 0 Å². The smallest absolute Gasteiger partial charge is 0.338 e. The standard InChI is InChI=1S/C28H22BrNO4/c1-2-14-34-27(33)16-8-7-9-17(15-16)30-25(31)23-22-18-10-3-5-12-20(18)28(29,24(23)26(30)32)21-13-6-4-11-19(21)22/h3-13,15,22-24H,2,14H2,1H3/t22?,23-,24-,28?/m1/s1. The van der Waals surface area contributed by atoms with E-state index in [2.05, 4.69) is 28.1 Å². The molecule has 5 nitrogen and oxygen atoms in total. The van der Waals surface area contributed by atoms with Gasteiger partial charge >= 0.3 is 5.97 Å². The van der Waals surface area contributed by atoms with Crippen LogP contribution in [-0.2, 0) is 18.7 Å². The number of hydrogen-bond acceptors (Lipinski definition) is 4. The maximum Gasteiger partial charge on any atom is 0.338 e. The first kappa shape index (κ1) is 21.3. The van der Waals surface area contributed by atoms with Crippen molar-refractivity contribution in [2.24, 2.45) is 11.8 Å². The number of halogens is 1. The van der Waals surface area contributed by atoms with Crippen molar-refractivity contribution in [3.63, 3.8) is 0 Å². The van der Waals surface area contributed by atoms with Gasteiger partial charge in [-0.05, 0) is 46.9 Å². The van der Waals surface area contributed by atoms with Crippen molar-refractivity contribution in [2.75, 3.05) is 11.5 Å². The molecule has 3 aromatic rings. The van der Waals surface area contributed by atoms with Crippen LogP contribution in [0.5, 0.6) is 0 Å². The third kappa shape index (κ3) is 2.69. The first-order valence-electron chi connectivity index (χ1n) is 11.5. The van der Waals surface area contributed by atoms with Crippen LogP contribution in [0.4, 0.5) is 5.69 Å². The number of ether oxygens (including phenoxy) is 1. The van der Waals surface area contributed by atoms with E-state index in [0.717, 1.165) is 22.3 Å². The van der Waals surface area contributed by atoms with Crippen molar-refractivity contribution in [2.45, 2.75) is 23.6 Å². The molecule has 1 fully saturated rings. The van der Waals surface area contributed by atoms with E-state index in [4.69, 9.17) is 4.74 Å². The molecule has 0 spiro atoms. The number of amides is 2. The minimum atomic E-state index is -0.793. The summed E-state index contributed by atoms with van der Waals surface area (Å²) >= 11 is 4.00. The lowest BCUT2D eigenvalue weighted by atomic mass is 9.55. The van der Waals surface area contributed by atoms with Gasteiger partial charge in [-0.25, -0.2) is 9.69 Å². The van der Waals surface area contributed by atoms with Gasteiger partial charge < -0.3 is 4.74 Å². The van der Waals surface area contributed by atoms with Gasteiger partial charge in [0.05, 0.1) is 34.0 Å². The Balaban J connectivity index is 1.48. The molecule has 3 aliphatic carbocycles. The highest BCUT2D eigenvalue weighted by Crippen LogP contribution is 2.66. The highest BCUT2D eigenvalue weighted by atomic mass is 79.9. The molecule has 1 saturated heterocycles. The van der Waals surface area contributed by atoms with E-state index in [-0.39, 0.29) is 17.7 Å². The predicted octanol–water partition coefficient (Wildman–Crippen LogP) is 5.16. The van der Waals surface area contributed by atoms with E-state index in [1.165, 1.54) is 4.90 Å². The minimum Gasteiger partial charge on any atom is -0.462 e. The molecule has 1 heterocycles. The van der Waals surface area contributed by atoms with Gasteiger partial charge in [-0.1, -0.05) is 77.5 Å². The number of benzene rings is 3. The molecule has 0 N–H and O–H groups in total. The molecule has 3 aromatic carbocycles. The molecule has 0 aromatic heterocycles. The van der Waals surface area contributed by atoms with E-state index < -0.39 is 22.1 Å². The summed E-state index contributed by atoms with van der Waals surface area (Å²) in [4.78, 5) is 41.6. The molecule has 0 saturated carbocycles. The summed E-state index contributed by atoms with van der Waals surface area (Å²) < 4.78 is 4.46. The molecule has 6 heteroatoms. The number of anilines is 1. The topological polar surface area (TPSA) is 63.7 Å². The molecule has 1 aliphatic heterocycles. The number of imide groups is 1. The largest absolute Gasteiger partial charge is 0.462 e. The van der Waals surface area contributed by atoms with Crippen LogP contribution in [0.3, 0.4) is 0 Å². The Bertz CT molecular complexity index is 1320. The van der Waals surface area contributed by atoms with Crippen molar-refractivity contribution in [1.29, 1.82) is 0 Å². The Morgan fingerprint density at radius 2 is 1.59 bits per heavy atom. The normalized spacial score (nSPS) is 26.2. The molecule has 2 amide bonds. The van der Waals surface area contributed by atoms with Crippen molar-refractivity contribution in [3.8, 4) is 0 Å². The van der Waals surface area contributed by atoms with Crippen LogP contribution in [0.25, 0.3) is 0 Å². The third-order valence-corrected chi connectivity index (χ3v) is 8.64. The molecular weight excluding hydrogens is 494 g/mol. The zero-order valence-electron chi connectivity index (χ0n) is 18.5. The molecule has 7 rings (SSSR count). The van der Waals surface area contributed by atoms with Crippen LogP contribution in [0.2, 0.25) is 0 Å². The van der Waals surface area contributed by atoms with Gasteiger partial charge in [0, 0.05) is 5.92 Å². The van der Waals surface area contributed by atoms with Crippen LogP contribution in [-0.4, -0.2) is 24.4 Å². The van der Waals surface area contributed by atoms with Gasteiger partial charge in [-0.15, -0.1) is 0 Å². The number of hydrogen-bond donors (Lipinski definition) is 0. The highest BCUT2D eigenvalue weighted by molar-refractivity contribution is 9.09. The number of nitrogens with zero attached hydrogens (tertiary/aromatic N) is 1. The Kier molecular flexibility index (Phi) is 4.78. The summed E-state index contributed by atoms with van der Waals surface area (Å²) in [5.41, 5.74) is 4.97. The van der Waals surface area contributed by atoms with Crippen LogP contribution in [0.15, 0.2) is 72.8 Å². The molecule has 170 valence electrons. The zero-order valence-corrected chi connectivity index (χ0v) is 20.1. The number of carbonyl (C=O) groups excluding carboxylic acids is 3. The van der Waals surface area contributed by atoms with E-state index in [0.29, 0.717) is 24.3 Å². The van der Waals surface area contributed by atoms with Crippen molar-refractivity contribution in [1.82, 2.24) is 0 Å². The summed E-state index contributed by atoms with van der Waals surface area (Å²) in [5.74, 6) is -2.24. The molecule has 34 heavy (non-hydrogen) atoms. The quantitative estimate of drug-likeness (QED) is 0.273. The van der Waals surface area contributed by atoms with Gasteiger partial charge in [-0.3, -0.25) is 9.59 Å². The second kappa shape index (κ2) is 7.64. The van der Waals surface area contributed by atoms with E-state index >= 15 is 0 Å². The fourth-order valence-corrected chi connectivity index (χ4v) is 7.19. The predicted molar refractivity (Wildman–Crippen MR) is 131 cm³/mol. The Labute approximate surface area is 205 Å². The number of carbonyl (C=O) groups is 3. The summed E-state index contributed by atoms with van der Waals surface area (Å²) in [6.07, 6.45) is 0.716. The lowest BCUT2D eigenvalue weighted by Crippen LogP contribution is -2.50. The fourth-order valence-electron chi connectivity index (χ4n) is 5.98.